The molecule has 2 N–H and O–H groups in total. The van der Waals surface area contributed by atoms with Gasteiger partial charge in [-0.25, -0.2) is 4.39 Å². The summed E-state index contributed by atoms with van der Waals surface area (Å²) in [4.78, 5) is 0. The maximum absolute atomic E-state index is 13.0. The van der Waals surface area contributed by atoms with Crippen LogP contribution in [-0.4, -0.2) is 11.7 Å². The van der Waals surface area contributed by atoms with Gasteiger partial charge in [0.25, 0.3) is 0 Å². The molecule has 0 aliphatic rings. The molecule has 2 aromatic rings. The zero-order chi connectivity index (χ0) is 14.5. The second-order valence-corrected chi connectivity index (χ2v) is 5.38. The molecular weight excluding hydrogens is 372 g/mol. The predicted octanol–water partition coefficient (Wildman–Crippen LogP) is 4.15. The van der Waals surface area contributed by atoms with Gasteiger partial charge in [-0.3, -0.25) is 0 Å². The van der Waals surface area contributed by atoms with Gasteiger partial charge in [0.05, 0.1) is 6.61 Å². The Hall–Kier alpha value is -1.50. The van der Waals surface area contributed by atoms with E-state index in [-0.39, 0.29) is 11.6 Å². The van der Waals surface area contributed by atoms with Gasteiger partial charge in [0.1, 0.15) is 5.82 Å². The molecule has 0 aliphatic carbocycles. The molecule has 0 saturated carbocycles. The van der Waals surface area contributed by atoms with Crippen LogP contribution in [0, 0.1) is 9.39 Å². The van der Waals surface area contributed by atoms with Gasteiger partial charge in [0.2, 0.25) is 0 Å². The molecule has 0 spiro atoms. The van der Waals surface area contributed by atoms with Crippen LogP contribution in [0.1, 0.15) is 12.5 Å². The van der Waals surface area contributed by atoms with Gasteiger partial charge in [-0.2, -0.15) is 0 Å². The molecule has 0 saturated heterocycles. The number of benzene rings is 2. The second kappa shape index (κ2) is 6.78. The highest BCUT2D eigenvalue weighted by atomic mass is 127. The third kappa shape index (κ3) is 3.75. The van der Waals surface area contributed by atoms with Gasteiger partial charge in [-0.05, 0) is 65.4 Å². The fourth-order valence-corrected chi connectivity index (χ4v) is 2.44. The normalized spacial score (nSPS) is 10.3. The molecule has 2 rings (SSSR count). The van der Waals surface area contributed by atoms with Crippen LogP contribution in [0.4, 0.5) is 10.1 Å². The number of ether oxygens (including phenoxy) is 1. The van der Waals surface area contributed by atoms with Crippen molar-refractivity contribution in [3.63, 3.8) is 0 Å². The van der Waals surface area contributed by atoms with Crippen LogP contribution in [-0.2, 0) is 6.54 Å². The number of phenols is 1. The van der Waals surface area contributed by atoms with Gasteiger partial charge >= 0.3 is 0 Å². The first-order chi connectivity index (χ1) is 9.60. The van der Waals surface area contributed by atoms with Gasteiger partial charge in [-0.15, -0.1) is 0 Å². The number of anilines is 1. The molecule has 3 nitrogen and oxygen atoms in total. The third-order valence-electron chi connectivity index (χ3n) is 2.74. The summed E-state index contributed by atoms with van der Waals surface area (Å²) in [5, 5.41) is 12.9. The number of hydrogen-bond donors (Lipinski definition) is 2. The van der Waals surface area contributed by atoms with Crippen LogP contribution in [0.2, 0.25) is 0 Å². The lowest BCUT2D eigenvalue weighted by molar-refractivity contribution is 0.318. The van der Waals surface area contributed by atoms with Crippen LogP contribution in [0.15, 0.2) is 36.4 Å². The van der Waals surface area contributed by atoms with Crippen LogP contribution >= 0.6 is 22.6 Å². The molecule has 106 valence electrons. The Morgan fingerprint density at radius 3 is 2.75 bits per heavy atom. The Bertz CT molecular complexity index is 604. The maximum atomic E-state index is 13.0. The lowest BCUT2D eigenvalue weighted by Gasteiger charge is -2.11. The quantitative estimate of drug-likeness (QED) is 0.758. The summed E-state index contributed by atoms with van der Waals surface area (Å²) in [5.74, 6) is 0.357. The third-order valence-corrected chi connectivity index (χ3v) is 3.63. The van der Waals surface area contributed by atoms with E-state index in [1.807, 2.05) is 13.0 Å². The maximum Gasteiger partial charge on any atom is 0.161 e. The van der Waals surface area contributed by atoms with Crippen LogP contribution in [0.25, 0.3) is 0 Å². The van der Waals surface area contributed by atoms with Crippen LogP contribution in [0.5, 0.6) is 11.5 Å². The largest absolute Gasteiger partial charge is 0.504 e. The summed E-state index contributed by atoms with van der Waals surface area (Å²) in [6.45, 7) is 2.94. The number of nitrogens with one attached hydrogen (secondary N) is 1. The Morgan fingerprint density at radius 2 is 2.05 bits per heavy atom. The first-order valence-corrected chi connectivity index (χ1v) is 7.31. The van der Waals surface area contributed by atoms with Gasteiger partial charge in [0.15, 0.2) is 11.5 Å². The summed E-state index contributed by atoms with van der Waals surface area (Å²) in [6, 6.07) is 9.83. The summed E-state index contributed by atoms with van der Waals surface area (Å²) >= 11 is 2.09. The highest BCUT2D eigenvalue weighted by Crippen LogP contribution is 2.27. The van der Waals surface area contributed by atoms with E-state index in [0.717, 1.165) is 14.8 Å². The van der Waals surface area contributed by atoms with Crippen molar-refractivity contribution in [2.24, 2.45) is 0 Å². The lowest BCUT2D eigenvalue weighted by atomic mass is 10.2. The fraction of sp³-hybridized carbons (Fsp3) is 0.200. The van der Waals surface area contributed by atoms with E-state index in [4.69, 9.17) is 4.74 Å². The smallest absolute Gasteiger partial charge is 0.161 e. The van der Waals surface area contributed by atoms with Gasteiger partial charge < -0.3 is 15.2 Å². The minimum atomic E-state index is -0.247. The van der Waals surface area contributed by atoms with Crippen molar-refractivity contribution >= 4 is 28.3 Å². The molecule has 0 radical (unpaired) electrons. The summed E-state index contributed by atoms with van der Waals surface area (Å²) in [5.41, 5.74) is 1.85. The highest BCUT2D eigenvalue weighted by molar-refractivity contribution is 14.1. The van der Waals surface area contributed by atoms with Crippen molar-refractivity contribution in [3.05, 3.63) is 51.3 Å². The van der Waals surface area contributed by atoms with Crippen molar-refractivity contribution in [1.82, 2.24) is 0 Å². The van der Waals surface area contributed by atoms with E-state index in [2.05, 4.69) is 27.9 Å². The summed E-state index contributed by atoms with van der Waals surface area (Å²) < 4.78 is 19.2. The second-order valence-electron chi connectivity index (χ2n) is 4.21. The van der Waals surface area contributed by atoms with Gasteiger partial charge in [-0.1, -0.05) is 6.07 Å². The predicted molar refractivity (Wildman–Crippen MR) is 85.7 cm³/mol. The van der Waals surface area contributed by atoms with E-state index in [0.29, 0.717) is 18.9 Å². The van der Waals surface area contributed by atoms with Crippen molar-refractivity contribution in [3.8, 4) is 11.5 Å². The van der Waals surface area contributed by atoms with Crippen molar-refractivity contribution in [2.45, 2.75) is 13.5 Å². The molecule has 0 aromatic heterocycles. The Labute approximate surface area is 130 Å². The van der Waals surface area contributed by atoms with Crippen molar-refractivity contribution in [1.29, 1.82) is 0 Å². The summed E-state index contributed by atoms with van der Waals surface area (Å²) in [7, 11) is 0. The minimum Gasteiger partial charge on any atom is -0.504 e. The van der Waals surface area contributed by atoms with E-state index in [9.17, 15) is 9.50 Å². The van der Waals surface area contributed by atoms with E-state index < -0.39 is 0 Å². The van der Waals surface area contributed by atoms with E-state index >= 15 is 0 Å². The number of aromatic hydroxyl groups is 1. The average molecular weight is 387 g/mol. The SMILES string of the molecule is CCOc1cc(CNc2ccc(F)cc2I)ccc1O. The molecule has 5 heteroatoms. The number of hydrogen-bond acceptors (Lipinski definition) is 3. The molecular formula is C15H15FINO2. The first kappa shape index (κ1) is 14.9. The first-order valence-electron chi connectivity index (χ1n) is 6.23. The summed E-state index contributed by atoms with van der Waals surface area (Å²) in [6.07, 6.45) is 0. The van der Waals surface area contributed by atoms with Crippen molar-refractivity contribution < 1.29 is 14.2 Å². The Balaban J connectivity index is 2.08. The fourth-order valence-electron chi connectivity index (χ4n) is 1.77. The van der Waals surface area contributed by atoms with Crippen LogP contribution in [0.3, 0.4) is 0 Å². The minimum absolute atomic E-state index is 0.131. The topological polar surface area (TPSA) is 41.5 Å². The molecule has 0 heterocycles. The number of phenolic OH excluding ortho intramolecular Hbond substituents is 1. The van der Waals surface area contributed by atoms with E-state index in [1.165, 1.54) is 12.1 Å². The standard InChI is InChI=1S/C15H15FINO2/c1-2-20-15-7-10(3-6-14(15)19)9-18-13-5-4-11(16)8-12(13)17/h3-8,18-19H,2,9H2,1H3. The molecule has 0 amide bonds. The molecule has 0 atom stereocenters. The van der Waals surface area contributed by atoms with Crippen LogP contribution < -0.4 is 10.1 Å². The highest BCUT2D eigenvalue weighted by Gasteiger charge is 2.05. The molecule has 0 unspecified atom stereocenters. The zero-order valence-corrected chi connectivity index (χ0v) is 13.1. The lowest BCUT2D eigenvalue weighted by Crippen LogP contribution is -2.02. The molecule has 20 heavy (non-hydrogen) atoms. The average Bonchev–Trinajstić information content (AvgIpc) is 2.41. The van der Waals surface area contributed by atoms with E-state index in [1.54, 1.807) is 18.2 Å². The monoisotopic (exact) mass is 387 g/mol. The number of halogens is 2. The Kier molecular flexibility index (Phi) is 5.05. The Morgan fingerprint density at radius 1 is 1.25 bits per heavy atom. The molecule has 0 bridgehead atoms. The number of rotatable bonds is 5. The molecule has 0 fully saturated rings. The van der Waals surface area contributed by atoms with Gasteiger partial charge in [0, 0.05) is 15.8 Å². The molecule has 0 aliphatic heterocycles. The van der Waals surface area contributed by atoms with Crippen molar-refractivity contribution in [2.75, 3.05) is 11.9 Å². The zero-order valence-electron chi connectivity index (χ0n) is 11.0. The molecule has 2 aromatic carbocycles.